The third kappa shape index (κ3) is 3.17. The van der Waals surface area contributed by atoms with E-state index in [1.807, 2.05) is 0 Å². The highest BCUT2D eigenvalue weighted by Gasteiger charge is 2.53. The van der Waals surface area contributed by atoms with Crippen molar-refractivity contribution in [3.63, 3.8) is 0 Å². The first-order valence-corrected chi connectivity index (χ1v) is 11.6. The van der Waals surface area contributed by atoms with E-state index in [1.54, 1.807) is 19.1 Å². The van der Waals surface area contributed by atoms with E-state index in [1.165, 1.54) is 23.2 Å². The molecule has 1 aromatic rings. The van der Waals surface area contributed by atoms with Crippen LogP contribution in [0, 0.1) is 24.2 Å². The molecule has 2 saturated carbocycles. The normalized spacial score (nSPS) is 32.0. The molecule has 0 radical (unpaired) electrons. The Morgan fingerprint density at radius 1 is 1.25 bits per heavy atom. The molecule has 1 aromatic carbocycles. The Labute approximate surface area is 167 Å². The number of carbonyl (C=O) groups is 1. The molecular formula is C21H30N2O4S. The summed E-state index contributed by atoms with van der Waals surface area (Å²) in [6.45, 7) is 6.60. The molecule has 1 unspecified atom stereocenters. The molecule has 0 spiro atoms. The van der Waals surface area contributed by atoms with Crippen molar-refractivity contribution < 1.29 is 18.3 Å². The highest BCUT2D eigenvalue weighted by atomic mass is 32.2. The van der Waals surface area contributed by atoms with Crippen LogP contribution in [0.4, 0.5) is 0 Å². The third-order valence-corrected chi connectivity index (χ3v) is 9.29. The van der Waals surface area contributed by atoms with Crippen molar-refractivity contribution in [2.24, 2.45) is 17.3 Å². The topological polar surface area (TPSA) is 86.7 Å². The van der Waals surface area contributed by atoms with E-state index in [4.69, 9.17) is 0 Å². The van der Waals surface area contributed by atoms with Crippen LogP contribution in [0.3, 0.4) is 0 Å². The van der Waals surface area contributed by atoms with Gasteiger partial charge in [0, 0.05) is 24.7 Å². The Morgan fingerprint density at radius 3 is 2.61 bits per heavy atom. The van der Waals surface area contributed by atoms with Gasteiger partial charge in [0.05, 0.1) is 11.0 Å². The molecule has 154 valence electrons. The zero-order chi connectivity index (χ0) is 20.3. The zero-order valence-electron chi connectivity index (χ0n) is 16.8. The van der Waals surface area contributed by atoms with Crippen molar-refractivity contribution in [2.45, 2.75) is 63.5 Å². The fourth-order valence-corrected chi connectivity index (χ4v) is 7.22. The second-order valence-electron chi connectivity index (χ2n) is 9.33. The van der Waals surface area contributed by atoms with Gasteiger partial charge in [-0.2, -0.15) is 4.31 Å². The number of rotatable bonds is 4. The highest BCUT2D eigenvalue weighted by molar-refractivity contribution is 7.89. The summed E-state index contributed by atoms with van der Waals surface area (Å²) in [5.41, 5.74) is 1.06. The second-order valence-corrected chi connectivity index (χ2v) is 11.2. The lowest BCUT2D eigenvalue weighted by atomic mass is 9.73. The first kappa shape index (κ1) is 19.9. The van der Waals surface area contributed by atoms with Crippen molar-refractivity contribution in [3.05, 3.63) is 29.3 Å². The van der Waals surface area contributed by atoms with Crippen molar-refractivity contribution >= 4 is 15.9 Å². The van der Waals surface area contributed by atoms with Gasteiger partial charge in [-0.3, -0.25) is 4.79 Å². The molecule has 3 fully saturated rings. The van der Waals surface area contributed by atoms with Gasteiger partial charge >= 0.3 is 0 Å². The summed E-state index contributed by atoms with van der Waals surface area (Å²) in [5, 5.41) is 12.9. The summed E-state index contributed by atoms with van der Waals surface area (Å²) >= 11 is 0. The van der Waals surface area contributed by atoms with Crippen LogP contribution in [0.5, 0.6) is 0 Å². The van der Waals surface area contributed by atoms with Crippen LogP contribution in [0.2, 0.25) is 0 Å². The number of aliphatic hydroxyl groups excluding tert-OH is 1. The molecule has 6 nitrogen and oxygen atoms in total. The average molecular weight is 407 g/mol. The maximum absolute atomic E-state index is 13.0. The molecule has 7 heteroatoms. The summed E-state index contributed by atoms with van der Waals surface area (Å²) in [4.78, 5) is 13.1. The Morgan fingerprint density at radius 2 is 2.00 bits per heavy atom. The van der Waals surface area contributed by atoms with Crippen molar-refractivity contribution in [1.29, 1.82) is 0 Å². The maximum Gasteiger partial charge on any atom is 0.251 e. The van der Waals surface area contributed by atoms with E-state index in [9.17, 15) is 18.3 Å². The minimum Gasteiger partial charge on any atom is -0.392 e. The van der Waals surface area contributed by atoms with E-state index < -0.39 is 16.1 Å². The van der Waals surface area contributed by atoms with Crippen LogP contribution in [-0.4, -0.2) is 49.0 Å². The van der Waals surface area contributed by atoms with E-state index in [0.717, 1.165) is 6.42 Å². The van der Waals surface area contributed by atoms with Gasteiger partial charge in [0.15, 0.2) is 0 Å². The molecule has 1 heterocycles. The molecule has 4 rings (SSSR count). The van der Waals surface area contributed by atoms with Gasteiger partial charge < -0.3 is 10.4 Å². The van der Waals surface area contributed by atoms with Gasteiger partial charge in [-0.05, 0) is 67.6 Å². The molecule has 2 aliphatic carbocycles. The van der Waals surface area contributed by atoms with E-state index in [-0.39, 0.29) is 28.8 Å². The van der Waals surface area contributed by atoms with Crippen LogP contribution in [0.1, 0.15) is 55.5 Å². The fraction of sp³-hybridized carbons (Fsp3) is 0.667. The lowest BCUT2D eigenvalue weighted by molar-refractivity contribution is 0.0837. The lowest BCUT2D eigenvalue weighted by Crippen LogP contribution is -2.48. The van der Waals surface area contributed by atoms with E-state index in [2.05, 4.69) is 19.2 Å². The van der Waals surface area contributed by atoms with Crippen LogP contribution in [0.25, 0.3) is 0 Å². The number of sulfonamides is 1. The molecule has 4 atom stereocenters. The van der Waals surface area contributed by atoms with Crippen molar-refractivity contribution in [2.75, 3.05) is 13.1 Å². The molecule has 2 N–H and O–H groups in total. The largest absolute Gasteiger partial charge is 0.392 e. The molecule has 0 aromatic heterocycles. The molecule has 1 saturated heterocycles. The summed E-state index contributed by atoms with van der Waals surface area (Å²) < 4.78 is 27.3. The predicted molar refractivity (Wildman–Crippen MR) is 106 cm³/mol. The number of nitrogens with one attached hydrogen (secondary N) is 1. The van der Waals surface area contributed by atoms with Crippen LogP contribution in [-0.2, 0) is 10.0 Å². The summed E-state index contributed by atoms with van der Waals surface area (Å²) in [5.74, 6) is 0.963. The zero-order valence-corrected chi connectivity index (χ0v) is 17.6. The second kappa shape index (κ2) is 6.82. The number of nitrogens with zero attached hydrogens (tertiary/aromatic N) is 1. The predicted octanol–water partition coefficient (Wildman–Crippen LogP) is 2.30. The van der Waals surface area contributed by atoms with Gasteiger partial charge in [0.25, 0.3) is 5.91 Å². The number of hydrogen-bond acceptors (Lipinski definition) is 4. The van der Waals surface area contributed by atoms with Gasteiger partial charge in [-0.1, -0.05) is 19.9 Å². The van der Waals surface area contributed by atoms with Gasteiger partial charge in [0.2, 0.25) is 10.0 Å². The number of amides is 1. The molecule has 1 aliphatic heterocycles. The first-order valence-electron chi connectivity index (χ1n) is 10.2. The number of aryl methyl sites for hydroxylation is 1. The summed E-state index contributed by atoms with van der Waals surface area (Å²) in [6, 6.07) is 5.02. The molecule has 1 amide bonds. The first-order chi connectivity index (χ1) is 13.1. The SMILES string of the molecule is Cc1ccc(C(=O)NC2[C@H]3CC[C@H](C3)C2(C)C)cc1S(=O)(=O)N1CC[C@H](O)C1. The smallest absolute Gasteiger partial charge is 0.251 e. The quantitative estimate of drug-likeness (QED) is 0.803. The van der Waals surface area contributed by atoms with Crippen LogP contribution < -0.4 is 5.32 Å². The molecular weight excluding hydrogens is 376 g/mol. The molecule has 28 heavy (non-hydrogen) atoms. The molecule has 2 bridgehead atoms. The van der Waals surface area contributed by atoms with Gasteiger partial charge in [-0.15, -0.1) is 0 Å². The third-order valence-electron chi connectivity index (χ3n) is 7.28. The number of hydrogen-bond donors (Lipinski definition) is 2. The monoisotopic (exact) mass is 406 g/mol. The number of benzene rings is 1. The molecule has 3 aliphatic rings. The summed E-state index contributed by atoms with van der Waals surface area (Å²) in [6.07, 6.45) is 3.38. The average Bonchev–Trinajstić information content (AvgIpc) is 3.33. The number of β-amino-alcohol motifs (C(OH)–C–C–N with tert-alkyl or cyclic N) is 1. The van der Waals surface area contributed by atoms with Crippen LogP contribution in [0.15, 0.2) is 23.1 Å². The van der Waals surface area contributed by atoms with E-state index in [0.29, 0.717) is 35.9 Å². The minimum atomic E-state index is -3.72. The van der Waals surface area contributed by atoms with Gasteiger partial charge in [0.1, 0.15) is 0 Å². The Kier molecular flexibility index (Phi) is 4.83. The Hall–Kier alpha value is -1.44. The number of fused-ring (bicyclic) bond motifs is 2. The highest BCUT2D eigenvalue weighted by Crippen LogP contribution is 2.55. The maximum atomic E-state index is 13.0. The summed E-state index contributed by atoms with van der Waals surface area (Å²) in [7, 11) is -3.72. The van der Waals surface area contributed by atoms with E-state index >= 15 is 0 Å². The fourth-order valence-electron chi connectivity index (χ4n) is 5.47. The van der Waals surface area contributed by atoms with Crippen molar-refractivity contribution in [3.8, 4) is 0 Å². The lowest BCUT2D eigenvalue weighted by Gasteiger charge is -2.38. The minimum absolute atomic E-state index is 0.0733. The van der Waals surface area contributed by atoms with Gasteiger partial charge in [-0.25, -0.2) is 8.42 Å². The van der Waals surface area contributed by atoms with Crippen LogP contribution >= 0.6 is 0 Å². The van der Waals surface area contributed by atoms with Crippen molar-refractivity contribution in [1.82, 2.24) is 9.62 Å². The Balaban J connectivity index is 1.58. The Bertz CT molecular complexity index is 896. The standard InChI is InChI=1S/C21H30N2O4S/c1-13-4-5-15(11-18(13)28(26,27)23-9-8-17(24)12-23)20(25)22-19-14-6-7-16(10-14)21(19,2)3/h4-5,11,14,16-17,19,24H,6-10,12H2,1-3H3,(H,22,25)/t14-,16+,17-,19?/m0/s1. The number of aliphatic hydroxyl groups is 1. The number of carbonyl (C=O) groups excluding carboxylic acids is 1.